The van der Waals surface area contributed by atoms with Crippen molar-refractivity contribution in [3.63, 3.8) is 0 Å². The summed E-state index contributed by atoms with van der Waals surface area (Å²) in [5, 5.41) is 53.1. The van der Waals surface area contributed by atoms with Crippen LogP contribution in [-0.4, -0.2) is 110 Å². The monoisotopic (exact) mass is 1720 g/mol. The number of aromatic nitrogens is 12. The van der Waals surface area contributed by atoms with Crippen LogP contribution < -0.4 is 57.8 Å². The molecule has 15 aromatic rings. The van der Waals surface area contributed by atoms with E-state index in [1.54, 1.807) is 24.3 Å². The van der Waals surface area contributed by atoms with E-state index in [9.17, 15) is 51.4 Å². The van der Waals surface area contributed by atoms with Gasteiger partial charge >= 0.3 is 7.12 Å². The zero-order chi connectivity index (χ0) is 86.9. The molecule has 0 aliphatic heterocycles. The first-order valence-corrected chi connectivity index (χ1v) is 37.5. The summed E-state index contributed by atoms with van der Waals surface area (Å²) in [6, 6.07) is 69.6. The molecular formula is C87H73BCl4F4N12O13. The maximum absolute atomic E-state index is 13.1. The van der Waals surface area contributed by atoms with Crippen molar-refractivity contribution < 1.29 is 51.7 Å². The van der Waals surface area contributed by atoms with Gasteiger partial charge in [0.25, 0.3) is 33.4 Å². The summed E-state index contributed by atoms with van der Waals surface area (Å²) >= 11 is 22.5. The highest BCUT2D eigenvalue weighted by atomic mass is 35.5. The van der Waals surface area contributed by atoms with Gasteiger partial charge in [-0.05, 0) is 98.5 Å². The van der Waals surface area contributed by atoms with Gasteiger partial charge in [-0.2, -0.15) is 30.6 Å². The van der Waals surface area contributed by atoms with Gasteiger partial charge in [-0.3, -0.25) is 28.8 Å². The normalized spacial score (nSPS) is 10.3. The first-order chi connectivity index (χ1) is 58.4. The quantitative estimate of drug-likeness (QED) is 0.0458. The number of aromatic hydroxyl groups is 1. The van der Waals surface area contributed by atoms with E-state index in [1.807, 2.05) is 152 Å². The summed E-state index contributed by atoms with van der Waals surface area (Å²) in [6.07, 6.45) is 8.37. The van der Waals surface area contributed by atoms with E-state index in [-0.39, 0.29) is 71.1 Å². The van der Waals surface area contributed by atoms with E-state index >= 15 is 0 Å². The van der Waals surface area contributed by atoms with Crippen LogP contribution in [0.3, 0.4) is 0 Å². The van der Waals surface area contributed by atoms with Crippen LogP contribution in [0.15, 0.2) is 315 Å². The van der Waals surface area contributed by atoms with E-state index in [0.29, 0.717) is 89.0 Å². The molecule has 15 rings (SSSR count). The lowest BCUT2D eigenvalue weighted by Gasteiger charge is -2.11. The van der Waals surface area contributed by atoms with Gasteiger partial charge in [0.2, 0.25) is 0 Å². The lowest BCUT2D eigenvalue weighted by atomic mass is 9.80. The zero-order valence-electron chi connectivity index (χ0n) is 64.6. The summed E-state index contributed by atoms with van der Waals surface area (Å²) in [7, 11) is 4.34. The van der Waals surface area contributed by atoms with Crippen molar-refractivity contribution >= 4 is 59.0 Å². The first kappa shape index (κ1) is 91.0. The number of hydrogen-bond donors (Lipinski definition) is 4. The fourth-order valence-corrected chi connectivity index (χ4v) is 11.6. The Morgan fingerprint density at radius 3 is 0.860 bits per heavy atom. The molecule has 0 amide bonds. The minimum atomic E-state index is -1.51. The molecular weight excluding hydrogens is 1650 g/mol. The van der Waals surface area contributed by atoms with Gasteiger partial charge < -0.3 is 34.1 Å². The number of methoxy groups -OCH3 is 4. The molecule has 121 heavy (non-hydrogen) atoms. The van der Waals surface area contributed by atoms with E-state index in [0.717, 1.165) is 27.8 Å². The third kappa shape index (κ3) is 26.3. The Kier molecular flexibility index (Phi) is 34.4. The Bertz CT molecular complexity index is 5990. The Labute approximate surface area is 708 Å². The van der Waals surface area contributed by atoms with Crippen molar-refractivity contribution in [1.29, 1.82) is 0 Å². The van der Waals surface area contributed by atoms with Crippen LogP contribution in [0.25, 0.3) is 33.4 Å². The molecule has 6 aromatic heterocycles. The minimum absolute atomic E-state index is 0.0216. The first-order valence-electron chi connectivity index (χ1n) is 36.0. The molecule has 0 spiro atoms. The lowest BCUT2D eigenvalue weighted by Crippen LogP contribution is -2.29. The number of halogens is 8. The maximum atomic E-state index is 13.1. The number of benzene rings is 9. The average molecular weight is 1720 g/mol. The molecule has 0 saturated heterocycles. The predicted octanol–water partition coefficient (Wildman–Crippen LogP) is 13.5. The summed E-state index contributed by atoms with van der Waals surface area (Å²) in [6.45, 7) is 1.80. The molecule has 0 bridgehead atoms. The highest BCUT2D eigenvalue weighted by Crippen LogP contribution is 2.29. The minimum Gasteiger partial charge on any atom is -0.505 e. The third-order valence-electron chi connectivity index (χ3n) is 17.0. The molecule has 0 fully saturated rings. The third-order valence-corrected chi connectivity index (χ3v) is 18.5. The van der Waals surface area contributed by atoms with Gasteiger partial charge in [-0.15, -0.1) is 0 Å². The fourth-order valence-electron chi connectivity index (χ4n) is 10.9. The number of hydrogen-bond acceptors (Lipinski definition) is 19. The van der Waals surface area contributed by atoms with Crippen molar-refractivity contribution in [2.75, 3.05) is 28.4 Å². The smallest absolute Gasteiger partial charge is 0.488 e. The topological polar surface area (TPSA) is 318 Å². The Balaban J connectivity index is 0.000000164. The van der Waals surface area contributed by atoms with E-state index < -0.39 is 24.1 Å². The summed E-state index contributed by atoms with van der Waals surface area (Å²) in [5.74, 6) is -0.399. The predicted molar refractivity (Wildman–Crippen MR) is 455 cm³/mol. The van der Waals surface area contributed by atoms with Crippen LogP contribution in [0.2, 0.25) is 20.1 Å². The highest BCUT2D eigenvalue weighted by molar-refractivity contribution is 6.58. The van der Waals surface area contributed by atoms with Crippen molar-refractivity contribution in [3.8, 4) is 62.1 Å². The average Bonchev–Trinajstić information content (AvgIpc) is 0.797. The molecule has 0 aliphatic carbocycles. The van der Waals surface area contributed by atoms with Gasteiger partial charge in [0, 0.05) is 0 Å². The molecule has 0 radical (unpaired) electrons. The Hall–Kier alpha value is -13.9. The number of nitrogens with one attached hydrogen (secondary N) is 1. The van der Waals surface area contributed by atoms with Gasteiger partial charge in [-0.25, -0.2) is 46.1 Å². The van der Waals surface area contributed by atoms with Gasteiger partial charge in [0.05, 0.1) is 120 Å². The second-order valence-electron chi connectivity index (χ2n) is 25.2. The van der Waals surface area contributed by atoms with Gasteiger partial charge in [0.1, 0.15) is 34.0 Å². The molecule has 0 atom stereocenters. The SMILES string of the molecule is COc1cnn(Cc2ccccc2)c(=O)c1-c1ccc(F)cc1.COc1cnn(Cc2ccccc2)c(=O)c1-c1ccc(F)cc1.COc1cnn(Cc2ccccc2)c(=O)c1Cl.COc1cnn(Cc2ccccc2)c(=O)c1Cl.O=c1[nH]ncc(Cl)c1Cl.O=c1c(-c2ccc(F)cc2)c(O)cnn1Cc1ccccc1.OB(O)c1ccc(F)cc1. The fraction of sp³-hybridized carbons (Fsp3) is 0.103. The molecule has 4 N–H and O–H groups in total. The summed E-state index contributed by atoms with van der Waals surface area (Å²) in [4.78, 5) is 72.2. The van der Waals surface area contributed by atoms with Gasteiger partial charge in [-0.1, -0.05) is 247 Å². The second-order valence-corrected chi connectivity index (χ2v) is 26.7. The lowest BCUT2D eigenvalue weighted by molar-refractivity contribution is 0.407. The van der Waals surface area contributed by atoms with Crippen molar-refractivity contribution in [1.82, 2.24) is 59.1 Å². The number of H-pyrrole nitrogens is 1. The largest absolute Gasteiger partial charge is 0.505 e. The number of nitrogens with zero attached hydrogens (tertiary/aromatic N) is 11. The Morgan fingerprint density at radius 2 is 0.587 bits per heavy atom. The standard InChI is InChI=1S/2C18H15FN2O2.C17H13FN2O2.2C12H11ClN2O2.C6H6BFO2.C4H2Cl2N2O/c2*1-23-16-11-20-21(12-13-5-3-2-4-6-13)18(22)17(16)14-7-9-15(19)10-8-14;18-14-8-6-13(7-9-14)16-15(21)10-19-20(17(16)22)11-12-4-2-1-3-5-12;2*1-17-10-7-14-15(12(16)11(10)13)8-9-5-3-2-4-6-9;8-6-3-1-5(2-4-6)7(9)10;5-2-1-7-8-4(9)3(2)6/h2*2-11H,12H2,1H3;1-10,21H,11H2;2*2-7H,8H2,1H3;1-4,9-10H;1H,(H,8,9). The molecule has 0 aliphatic rings. The van der Waals surface area contributed by atoms with Crippen LogP contribution in [0, 0.1) is 23.3 Å². The molecule has 0 unspecified atom stereocenters. The van der Waals surface area contributed by atoms with Crippen LogP contribution in [0.4, 0.5) is 17.6 Å². The van der Waals surface area contributed by atoms with Crippen molar-refractivity contribution in [3.05, 3.63) is 419 Å². The highest BCUT2D eigenvalue weighted by Gasteiger charge is 2.19. The number of rotatable bonds is 18. The second kappa shape index (κ2) is 45.7. The van der Waals surface area contributed by atoms with Crippen molar-refractivity contribution in [2.24, 2.45) is 0 Å². The van der Waals surface area contributed by atoms with Gasteiger partial charge in [0.15, 0.2) is 33.0 Å². The molecule has 618 valence electrons. The molecule has 0 saturated carbocycles. The zero-order valence-corrected chi connectivity index (χ0v) is 67.6. The van der Waals surface area contributed by atoms with Crippen molar-refractivity contribution in [2.45, 2.75) is 32.7 Å². The molecule has 25 nitrogen and oxygen atoms in total. The van der Waals surface area contributed by atoms with Crippen LogP contribution in [0.1, 0.15) is 27.8 Å². The maximum Gasteiger partial charge on any atom is 0.488 e. The number of aromatic amines is 1. The molecule has 6 heterocycles. The molecule has 9 aromatic carbocycles. The Morgan fingerprint density at radius 1 is 0.331 bits per heavy atom. The summed E-state index contributed by atoms with van der Waals surface area (Å²) < 4.78 is 78.4. The van der Waals surface area contributed by atoms with E-state index in [1.165, 1.54) is 162 Å². The van der Waals surface area contributed by atoms with Crippen LogP contribution in [-0.2, 0) is 32.7 Å². The van der Waals surface area contributed by atoms with E-state index in [4.69, 9.17) is 75.4 Å². The summed E-state index contributed by atoms with van der Waals surface area (Å²) in [5.41, 5.74) is 5.49. The van der Waals surface area contributed by atoms with Crippen LogP contribution >= 0.6 is 46.4 Å². The number of ether oxygens (including phenoxy) is 4. The molecule has 34 heteroatoms. The van der Waals surface area contributed by atoms with Crippen LogP contribution in [0.5, 0.6) is 28.7 Å². The van der Waals surface area contributed by atoms with E-state index in [2.05, 4.69) is 35.7 Å².